The zero-order valence-electron chi connectivity index (χ0n) is 18.7. The van der Waals surface area contributed by atoms with Gasteiger partial charge in [0.15, 0.2) is 0 Å². The second-order valence-electron chi connectivity index (χ2n) is 11.6. The Morgan fingerprint density at radius 1 is 1.00 bits per heavy atom. The quantitative estimate of drug-likeness (QED) is 0.691. The first-order valence-electron chi connectivity index (χ1n) is 12.5. The highest BCUT2D eigenvalue weighted by atomic mass is 16.3. The number of hydrogen-bond acceptors (Lipinski definition) is 4. The van der Waals surface area contributed by atoms with Gasteiger partial charge in [0.25, 0.3) is 0 Å². The summed E-state index contributed by atoms with van der Waals surface area (Å²) in [7, 11) is 0. The fourth-order valence-corrected chi connectivity index (χ4v) is 8.52. The first-order valence-corrected chi connectivity index (χ1v) is 12.5. The van der Waals surface area contributed by atoms with Crippen LogP contribution in [0.4, 0.5) is 0 Å². The van der Waals surface area contributed by atoms with E-state index in [4.69, 9.17) is 0 Å². The van der Waals surface area contributed by atoms with E-state index in [0.29, 0.717) is 35.7 Å². The van der Waals surface area contributed by atoms with E-state index in [1.807, 2.05) is 0 Å². The monoisotopic (exact) mass is 413 g/mol. The van der Waals surface area contributed by atoms with Crippen molar-refractivity contribution < 1.29 is 14.7 Å². The molecule has 5 fully saturated rings. The number of Topliss-reactive ketones (excluding diaryl/α,β-unsaturated/α-hetero) is 2. The van der Waals surface area contributed by atoms with Gasteiger partial charge in [0.2, 0.25) is 0 Å². The Balaban J connectivity index is 1.41. The van der Waals surface area contributed by atoms with Crippen molar-refractivity contribution >= 4 is 11.6 Å². The Morgan fingerprint density at radius 3 is 2.53 bits per heavy atom. The van der Waals surface area contributed by atoms with Crippen molar-refractivity contribution in [3.63, 3.8) is 0 Å². The van der Waals surface area contributed by atoms with E-state index in [2.05, 4.69) is 31.3 Å². The van der Waals surface area contributed by atoms with Crippen molar-refractivity contribution in [1.82, 2.24) is 5.32 Å². The SMILES string of the molecule is C[C@]12CC[C@@H](/C=C\[C@@H]3CCNC3)CC1[C@@H](CO)C(=O)[C@@H]1[C@@H]2CC[C@]2(C)C(=O)CC[C@@H]12. The molecule has 30 heavy (non-hydrogen) atoms. The topological polar surface area (TPSA) is 66.4 Å². The lowest BCUT2D eigenvalue weighted by Gasteiger charge is -2.61. The van der Waals surface area contributed by atoms with E-state index in [1.54, 1.807) is 0 Å². The average Bonchev–Trinajstić information content (AvgIpc) is 3.36. The number of carbonyl (C=O) groups is 2. The maximum atomic E-state index is 13.8. The molecule has 2 N–H and O–H groups in total. The van der Waals surface area contributed by atoms with Crippen molar-refractivity contribution in [2.45, 2.75) is 65.2 Å². The number of allylic oxidation sites excluding steroid dienone is 1. The molecule has 4 aliphatic carbocycles. The molecule has 5 aliphatic rings. The highest BCUT2D eigenvalue weighted by Gasteiger charge is 2.64. The van der Waals surface area contributed by atoms with Gasteiger partial charge in [-0.1, -0.05) is 26.0 Å². The van der Waals surface area contributed by atoms with Gasteiger partial charge >= 0.3 is 0 Å². The Kier molecular flexibility index (Phi) is 5.25. The molecule has 5 rings (SSSR count). The Labute approximate surface area is 181 Å². The predicted molar refractivity (Wildman–Crippen MR) is 117 cm³/mol. The molecule has 166 valence electrons. The number of fused-ring (bicyclic) bond motifs is 5. The molecule has 1 aliphatic heterocycles. The van der Waals surface area contributed by atoms with Crippen LogP contribution in [0.5, 0.6) is 0 Å². The molecule has 4 heteroatoms. The van der Waals surface area contributed by atoms with E-state index in [1.165, 1.54) is 12.8 Å². The third-order valence-electron chi connectivity index (χ3n) is 10.4. The van der Waals surface area contributed by atoms with Gasteiger partial charge in [0, 0.05) is 30.2 Å². The maximum Gasteiger partial charge on any atom is 0.142 e. The summed E-state index contributed by atoms with van der Waals surface area (Å²) in [5.74, 6) is 2.49. The molecule has 4 saturated carbocycles. The summed E-state index contributed by atoms with van der Waals surface area (Å²) in [6.45, 7) is 6.73. The third-order valence-corrected chi connectivity index (χ3v) is 10.4. The molecule has 0 amide bonds. The molecular weight excluding hydrogens is 374 g/mol. The Hall–Kier alpha value is -1.00. The number of aliphatic hydroxyl groups excluding tert-OH is 1. The third kappa shape index (κ3) is 3.00. The van der Waals surface area contributed by atoms with Crippen molar-refractivity contribution in [3.8, 4) is 0 Å². The van der Waals surface area contributed by atoms with E-state index >= 15 is 0 Å². The summed E-state index contributed by atoms with van der Waals surface area (Å²) in [4.78, 5) is 26.4. The van der Waals surface area contributed by atoms with Crippen LogP contribution in [0.2, 0.25) is 0 Å². The highest BCUT2D eigenvalue weighted by molar-refractivity contribution is 5.91. The van der Waals surface area contributed by atoms with E-state index in [0.717, 1.165) is 45.2 Å². The lowest BCUT2D eigenvalue weighted by atomic mass is 9.42. The van der Waals surface area contributed by atoms with Crippen LogP contribution in [-0.2, 0) is 9.59 Å². The lowest BCUT2D eigenvalue weighted by molar-refractivity contribution is -0.171. The molecular formula is C26H39NO3. The van der Waals surface area contributed by atoms with Crippen molar-refractivity contribution in [3.05, 3.63) is 12.2 Å². The molecule has 1 heterocycles. The normalized spacial score (nSPS) is 51.1. The van der Waals surface area contributed by atoms with Gasteiger partial charge < -0.3 is 10.4 Å². The van der Waals surface area contributed by atoms with Gasteiger partial charge in [-0.05, 0) is 86.5 Å². The zero-order chi connectivity index (χ0) is 21.1. The van der Waals surface area contributed by atoms with Crippen LogP contribution in [-0.4, -0.2) is 36.4 Å². The molecule has 1 unspecified atom stereocenters. The summed E-state index contributed by atoms with van der Waals surface area (Å²) in [6.07, 6.45) is 12.9. The van der Waals surface area contributed by atoms with Gasteiger partial charge in [-0.25, -0.2) is 0 Å². The largest absolute Gasteiger partial charge is 0.396 e. The number of ketones is 2. The fourth-order valence-electron chi connectivity index (χ4n) is 8.52. The minimum atomic E-state index is -0.296. The maximum absolute atomic E-state index is 13.8. The molecule has 0 aromatic rings. The summed E-state index contributed by atoms with van der Waals surface area (Å²) in [5.41, 5.74) is -0.173. The summed E-state index contributed by atoms with van der Waals surface area (Å²) in [5, 5.41) is 13.8. The first-order chi connectivity index (χ1) is 14.4. The van der Waals surface area contributed by atoms with Gasteiger partial charge in [-0.3, -0.25) is 9.59 Å². The lowest BCUT2D eigenvalue weighted by Crippen LogP contribution is -2.60. The highest BCUT2D eigenvalue weighted by Crippen LogP contribution is 2.66. The van der Waals surface area contributed by atoms with Crippen LogP contribution in [0.3, 0.4) is 0 Å². The van der Waals surface area contributed by atoms with Gasteiger partial charge in [-0.2, -0.15) is 0 Å². The average molecular weight is 414 g/mol. The predicted octanol–water partition coefficient (Wildman–Crippen LogP) is 3.78. The van der Waals surface area contributed by atoms with Gasteiger partial charge in [0.1, 0.15) is 11.6 Å². The molecule has 0 spiro atoms. The van der Waals surface area contributed by atoms with Crippen LogP contribution >= 0.6 is 0 Å². The van der Waals surface area contributed by atoms with E-state index in [-0.39, 0.29) is 41.1 Å². The Morgan fingerprint density at radius 2 is 1.80 bits per heavy atom. The van der Waals surface area contributed by atoms with Crippen molar-refractivity contribution in [2.24, 2.45) is 52.3 Å². The fraction of sp³-hybridized carbons (Fsp3) is 0.846. The minimum Gasteiger partial charge on any atom is -0.396 e. The van der Waals surface area contributed by atoms with E-state index < -0.39 is 0 Å². The summed E-state index contributed by atoms with van der Waals surface area (Å²) >= 11 is 0. The Bertz CT molecular complexity index is 741. The number of carbonyl (C=O) groups excluding carboxylic acids is 2. The minimum absolute atomic E-state index is 0.00902. The first kappa shape index (κ1) is 20.9. The van der Waals surface area contributed by atoms with Crippen LogP contribution < -0.4 is 5.32 Å². The second kappa shape index (κ2) is 7.55. The van der Waals surface area contributed by atoms with Crippen LogP contribution in [0, 0.1) is 52.3 Å². The molecule has 0 aromatic heterocycles. The second-order valence-corrected chi connectivity index (χ2v) is 11.6. The zero-order valence-corrected chi connectivity index (χ0v) is 18.7. The van der Waals surface area contributed by atoms with Crippen LogP contribution in [0.1, 0.15) is 65.2 Å². The van der Waals surface area contributed by atoms with Crippen molar-refractivity contribution in [1.29, 1.82) is 0 Å². The van der Waals surface area contributed by atoms with Crippen LogP contribution in [0.25, 0.3) is 0 Å². The van der Waals surface area contributed by atoms with Crippen LogP contribution in [0.15, 0.2) is 12.2 Å². The summed E-state index contributed by atoms with van der Waals surface area (Å²) in [6, 6.07) is 0. The molecule has 4 nitrogen and oxygen atoms in total. The number of aliphatic hydroxyl groups is 1. The molecule has 9 atom stereocenters. The molecule has 0 aromatic carbocycles. The van der Waals surface area contributed by atoms with E-state index in [9.17, 15) is 14.7 Å². The molecule has 1 saturated heterocycles. The summed E-state index contributed by atoms with van der Waals surface area (Å²) < 4.78 is 0. The number of hydrogen-bond donors (Lipinski definition) is 2. The number of rotatable bonds is 3. The number of nitrogens with one attached hydrogen (secondary N) is 1. The standard InChI is InChI=1S/C26H39NO3/c1-25-10-7-16(3-4-17-9-12-27-14-17)13-21(25)18(15-28)24(30)23-19-5-6-22(29)26(19,2)11-8-20(23)25/h3-4,16-21,23,27-28H,5-15H2,1-2H3/b4-3-/t16-,17-,18-,19+,20+,21?,23+,25-,26+/m1/s1. The van der Waals surface area contributed by atoms with Gasteiger partial charge in [0.05, 0.1) is 6.61 Å². The molecule has 0 radical (unpaired) electrons. The molecule has 0 bridgehead atoms. The van der Waals surface area contributed by atoms with Gasteiger partial charge in [-0.15, -0.1) is 0 Å². The van der Waals surface area contributed by atoms with Crippen molar-refractivity contribution in [2.75, 3.05) is 19.7 Å². The smallest absolute Gasteiger partial charge is 0.142 e.